The fourth-order valence-corrected chi connectivity index (χ4v) is 1.43. The molecule has 1 aliphatic rings. The number of esters is 1. The van der Waals surface area contributed by atoms with Crippen molar-refractivity contribution in [1.82, 2.24) is 4.90 Å². The van der Waals surface area contributed by atoms with Crippen LogP contribution in [0.15, 0.2) is 0 Å². The van der Waals surface area contributed by atoms with E-state index in [-0.39, 0.29) is 12.6 Å². The monoisotopic (exact) mass is 253 g/mol. The summed E-state index contributed by atoms with van der Waals surface area (Å²) in [7, 11) is 0. The van der Waals surface area contributed by atoms with Crippen LogP contribution in [0.25, 0.3) is 0 Å². The summed E-state index contributed by atoms with van der Waals surface area (Å²) in [5.41, 5.74) is 0. The van der Waals surface area contributed by atoms with Gasteiger partial charge in [0.1, 0.15) is 13.0 Å². The van der Waals surface area contributed by atoms with E-state index in [0.29, 0.717) is 12.8 Å². The first-order valence-electron chi connectivity index (χ1n) is 5.35. The molecule has 4 nitrogen and oxygen atoms in total. The molecule has 1 amide bonds. The number of nitrogens with zero attached hydrogens (tertiary/aromatic N) is 1. The van der Waals surface area contributed by atoms with Gasteiger partial charge < -0.3 is 9.64 Å². The molecule has 7 heteroatoms. The van der Waals surface area contributed by atoms with Crippen molar-refractivity contribution in [3.05, 3.63) is 0 Å². The summed E-state index contributed by atoms with van der Waals surface area (Å²) in [6.45, 7) is 1.34. The maximum atomic E-state index is 12.1. The highest BCUT2D eigenvalue weighted by Gasteiger charge is 2.39. The Morgan fingerprint density at radius 3 is 2.35 bits per heavy atom. The van der Waals surface area contributed by atoms with Crippen LogP contribution in [-0.4, -0.2) is 42.1 Å². The van der Waals surface area contributed by atoms with E-state index < -0.39 is 31.0 Å². The van der Waals surface area contributed by atoms with Gasteiger partial charge in [0.15, 0.2) is 0 Å². The van der Waals surface area contributed by atoms with Crippen LogP contribution < -0.4 is 0 Å². The van der Waals surface area contributed by atoms with Gasteiger partial charge in [-0.15, -0.1) is 0 Å². The maximum absolute atomic E-state index is 12.1. The summed E-state index contributed by atoms with van der Waals surface area (Å²) in [5, 5.41) is 0. The van der Waals surface area contributed by atoms with Gasteiger partial charge in [0.05, 0.1) is 6.61 Å². The number of hydrogen-bond acceptors (Lipinski definition) is 3. The van der Waals surface area contributed by atoms with E-state index in [1.54, 1.807) is 6.92 Å². The normalized spacial score (nSPS) is 15.5. The predicted molar refractivity (Wildman–Crippen MR) is 52.0 cm³/mol. The van der Waals surface area contributed by atoms with Crippen molar-refractivity contribution >= 4 is 11.9 Å². The van der Waals surface area contributed by atoms with Gasteiger partial charge in [-0.25, -0.2) is 0 Å². The maximum Gasteiger partial charge on any atom is 0.397 e. The molecule has 17 heavy (non-hydrogen) atoms. The Labute approximate surface area is 96.7 Å². The lowest BCUT2D eigenvalue weighted by molar-refractivity contribution is -0.165. The van der Waals surface area contributed by atoms with E-state index in [2.05, 4.69) is 4.74 Å². The van der Waals surface area contributed by atoms with Crippen LogP contribution in [0.5, 0.6) is 0 Å². The molecule has 0 unspecified atom stereocenters. The quantitative estimate of drug-likeness (QED) is 0.697. The number of ether oxygens (including phenoxy) is 1. The van der Waals surface area contributed by atoms with Crippen LogP contribution in [0, 0.1) is 0 Å². The van der Waals surface area contributed by atoms with Gasteiger partial charge in [-0.1, -0.05) is 0 Å². The molecule has 1 rings (SSSR count). The van der Waals surface area contributed by atoms with E-state index in [0.717, 1.165) is 4.90 Å². The van der Waals surface area contributed by atoms with Crippen molar-refractivity contribution in [3.63, 3.8) is 0 Å². The van der Waals surface area contributed by atoms with E-state index >= 15 is 0 Å². The van der Waals surface area contributed by atoms with E-state index in [9.17, 15) is 22.8 Å². The SMILES string of the molecule is CCOC(=O)CN(C(=O)CC(F)(F)F)C1CC1. The zero-order valence-corrected chi connectivity index (χ0v) is 9.42. The fraction of sp³-hybridized carbons (Fsp3) is 0.800. The average molecular weight is 253 g/mol. The third-order valence-electron chi connectivity index (χ3n) is 2.26. The smallest absolute Gasteiger partial charge is 0.397 e. The molecule has 0 atom stereocenters. The Morgan fingerprint density at radius 2 is 1.94 bits per heavy atom. The van der Waals surface area contributed by atoms with E-state index in [1.165, 1.54) is 0 Å². The van der Waals surface area contributed by atoms with Crippen molar-refractivity contribution in [2.75, 3.05) is 13.2 Å². The number of halogens is 3. The van der Waals surface area contributed by atoms with Crippen molar-refractivity contribution in [2.24, 2.45) is 0 Å². The zero-order chi connectivity index (χ0) is 13.1. The minimum absolute atomic E-state index is 0.144. The van der Waals surface area contributed by atoms with Gasteiger partial charge in [-0.05, 0) is 19.8 Å². The molecule has 0 saturated heterocycles. The van der Waals surface area contributed by atoms with Crippen LogP contribution >= 0.6 is 0 Å². The summed E-state index contributed by atoms with van der Waals surface area (Å²) in [6, 6.07) is -0.241. The number of alkyl halides is 3. The topological polar surface area (TPSA) is 46.6 Å². The molecule has 0 aromatic heterocycles. The molecule has 0 bridgehead atoms. The molecule has 0 aliphatic heterocycles. The second kappa shape index (κ2) is 5.37. The Balaban J connectivity index is 2.53. The van der Waals surface area contributed by atoms with Crippen LogP contribution in [0.3, 0.4) is 0 Å². The number of carbonyl (C=O) groups excluding carboxylic acids is 2. The Hall–Kier alpha value is -1.27. The second-order valence-electron chi connectivity index (χ2n) is 3.85. The summed E-state index contributed by atoms with van der Waals surface area (Å²) < 4.78 is 40.8. The largest absolute Gasteiger partial charge is 0.465 e. The molecule has 0 radical (unpaired) electrons. The molecule has 0 aromatic carbocycles. The molecular weight excluding hydrogens is 239 g/mol. The number of carbonyl (C=O) groups is 2. The van der Waals surface area contributed by atoms with E-state index in [1.807, 2.05) is 0 Å². The van der Waals surface area contributed by atoms with Crippen molar-refractivity contribution in [2.45, 2.75) is 38.4 Å². The predicted octanol–water partition coefficient (Wildman–Crippen LogP) is 1.49. The Morgan fingerprint density at radius 1 is 1.35 bits per heavy atom. The summed E-state index contributed by atoms with van der Waals surface area (Å²) in [4.78, 5) is 23.5. The van der Waals surface area contributed by atoms with Gasteiger partial charge >= 0.3 is 12.1 Å². The lowest BCUT2D eigenvalue weighted by Gasteiger charge is -2.21. The molecule has 98 valence electrons. The lowest BCUT2D eigenvalue weighted by atomic mass is 10.3. The zero-order valence-electron chi connectivity index (χ0n) is 9.42. The fourth-order valence-electron chi connectivity index (χ4n) is 1.43. The third kappa shape index (κ3) is 5.06. The highest BCUT2D eigenvalue weighted by atomic mass is 19.4. The molecule has 0 spiro atoms. The summed E-state index contributed by atoms with van der Waals surface area (Å²) in [6.07, 6.45) is -4.78. The first-order valence-corrected chi connectivity index (χ1v) is 5.35. The van der Waals surface area contributed by atoms with Gasteiger partial charge in [-0.3, -0.25) is 9.59 Å². The van der Waals surface area contributed by atoms with Crippen LogP contribution in [-0.2, 0) is 14.3 Å². The van der Waals surface area contributed by atoms with Crippen molar-refractivity contribution < 1.29 is 27.5 Å². The van der Waals surface area contributed by atoms with Gasteiger partial charge in [-0.2, -0.15) is 13.2 Å². The molecule has 0 aromatic rings. The van der Waals surface area contributed by atoms with E-state index in [4.69, 9.17) is 0 Å². The first kappa shape index (κ1) is 13.8. The average Bonchev–Trinajstić information content (AvgIpc) is 2.94. The highest BCUT2D eigenvalue weighted by Crippen LogP contribution is 2.29. The van der Waals surface area contributed by atoms with Gasteiger partial charge in [0.2, 0.25) is 5.91 Å². The van der Waals surface area contributed by atoms with Crippen LogP contribution in [0.4, 0.5) is 13.2 Å². The van der Waals surface area contributed by atoms with Gasteiger partial charge in [0, 0.05) is 6.04 Å². The second-order valence-corrected chi connectivity index (χ2v) is 3.85. The Kier molecular flexibility index (Phi) is 4.36. The summed E-state index contributed by atoms with van der Waals surface area (Å²) >= 11 is 0. The van der Waals surface area contributed by atoms with Gasteiger partial charge in [0.25, 0.3) is 0 Å². The minimum Gasteiger partial charge on any atom is -0.465 e. The number of hydrogen-bond donors (Lipinski definition) is 0. The lowest BCUT2D eigenvalue weighted by Crippen LogP contribution is -2.40. The Bertz CT molecular complexity index is 300. The number of amides is 1. The first-order chi connectivity index (χ1) is 7.83. The standard InChI is InChI=1S/C10H14F3NO3/c1-2-17-9(16)6-14(7-3-4-7)8(15)5-10(11,12)13/h7H,2-6H2,1H3. The number of rotatable bonds is 5. The molecule has 1 fully saturated rings. The van der Waals surface area contributed by atoms with Crippen LogP contribution in [0.2, 0.25) is 0 Å². The van der Waals surface area contributed by atoms with Crippen molar-refractivity contribution in [1.29, 1.82) is 0 Å². The molecular formula is C10H14F3NO3. The van der Waals surface area contributed by atoms with Crippen LogP contribution in [0.1, 0.15) is 26.2 Å². The highest BCUT2D eigenvalue weighted by molar-refractivity contribution is 5.83. The molecule has 1 saturated carbocycles. The minimum atomic E-state index is -4.54. The molecule has 0 heterocycles. The summed E-state index contributed by atoms with van der Waals surface area (Å²) in [5.74, 6) is -1.73. The molecule has 0 N–H and O–H groups in total. The third-order valence-corrected chi connectivity index (χ3v) is 2.26. The van der Waals surface area contributed by atoms with Crippen molar-refractivity contribution in [3.8, 4) is 0 Å². The molecule has 1 aliphatic carbocycles.